The van der Waals surface area contributed by atoms with Gasteiger partial charge in [-0.3, -0.25) is 4.90 Å². The van der Waals surface area contributed by atoms with Crippen LogP contribution in [0.1, 0.15) is 24.0 Å². The molecule has 0 atom stereocenters. The topological polar surface area (TPSA) is 43.4 Å². The van der Waals surface area contributed by atoms with Crippen LogP contribution in [0.5, 0.6) is 23.0 Å². The van der Waals surface area contributed by atoms with Crippen LogP contribution in [0.15, 0.2) is 36.4 Å². The van der Waals surface area contributed by atoms with E-state index in [9.17, 15) is 0 Å². The molecular formula is C25H34N2O4. The Labute approximate surface area is 185 Å². The quantitative estimate of drug-likeness (QED) is 0.607. The Balaban J connectivity index is 1.46. The number of ether oxygens (including phenoxy) is 4. The third-order valence-electron chi connectivity index (χ3n) is 6.35. The monoisotopic (exact) mass is 426 g/mol. The van der Waals surface area contributed by atoms with E-state index >= 15 is 0 Å². The fraction of sp³-hybridized carbons (Fsp3) is 0.520. The lowest BCUT2D eigenvalue weighted by molar-refractivity contribution is 0.156. The normalized spacial score (nSPS) is 16.6. The summed E-state index contributed by atoms with van der Waals surface area (Å²) >= 11 is 0. The van der Waals surface area contributed by atoms with Crippen molar-refractivity contribution in [3.8, 4) is 23.0 Å². The Hall–Kier alpha value is -2.44. The maximum Gasteiger partial charge on any atom is 0.231 e. The van der Waals surface area contributed by atoms with Gasteiger partial charge in [0.2, 0.25) is 12.5 Å². The second-order valence-electron chi connectivity index (χ2n) is 8.61. The molecule has 0 bridgehead atoms. The van der Waals surface area contributed by atoms with Crippen molar-refractivity contribution in [2.75, 3.05) is 54.2 Å². The van der Waals surface area contributed by atoms with Crippen LogP contribution in [0.3, 0.4) is 0 Å². The van der Waals surface area contributed by atoms with Crippen molar-refractivity contribution in [2.45, 2.75) is 25.8 Å². The lowest BCUT2D eigenvalue weighted by Crippen LogP contribution is -2.37. The molecule has 6 nitrogen and oxygen atoms in total. The van der Waals surface area contributed by atoms with Crippen molar-refractivity contribution in [2.24, 2.45) is 5.92 Å². The van der Waals surface area contributed by atoms with Crippen molar-refractivity contribution in [3.05, 3.63) is 47.5 Å². The Morgan fingerprint density at radius 3 is 2.48 bits per heavy atom. The Bertz CT molecular complexity index is 847. The van der Waals surface area contributed by atoms with Gasteiger partial charge in [0.15, 0.2) is 11.5 Å². The summed E-state index contributed by atoms with van der Waals surface area (Å²) in [5, 5.41) is 0. The molecule has 0 amide bonds. The van der Waals surface area contributed by atoms with Crippen LogP contribution in [0.4, 0.5) is 0 Å². The summed E-state index contributed by atoms with van der Waals surface area (Å²) < 4.78 is 22.0. The Kier molecular flexibility index (Phi) is 7.20. The van der Waals surface area contributed by atoms with E-state index in [2.05, 4.69) is 41.1 Å². The minimum Gasteiger partial charge on any atom is -0.497 e. The molecular weight excluding hydrogens is 392 g/mol. The fourth-order valence-corrected chi connectivity index (χ4v) is 4.46. The number of piperidine rings is 1. The van der Waals surface area contributed by atoms with Gasteiger partial charge in [0, 0.05) is 19.6 Å². The first-order valence-corrected chi connectivity index (χ1v) is 11.1. The van der Waals surface area contributed by atoms with Crippen LogP contribution in [0.2, 0.25) is 0 Å². The van der Waals surface area contributed by atoms with Crippen molar-refractivity contribution in [1.82, 2.24) is 9.80 Å². The molecule has 1 saturated heterocycles. The van der Waals surface area contributed by atoms with Crippen molar-refractivity contribution < 1.29 is 18.9 Å². The number of likely N-dealkylation sites (tertiary alicyclic amines) is 1. The summed E-state index contributed by atoms with van der Waals surface area (Å²) in [6.07, 6.45) is 3.54. The predicted molar refractivity (Wildman–Crippen MR) is 121 cm³/mol. The van der Waals surface area contributed by atoms with Gasteiger partial charge >= 0.3 is 0 Å². The lowest BCUT2D eigenvalue weighted by Gasteiger charge is -2.33. The zero-order valence-corrected chi connectivity index (χ0v) is 18.9. The fourth-order valence-electron chi connectivity index (χ4n) is 4.46. The average Bonchev–Trinajstić information content (AvgIpc) is 3.27. The van der Waals surface area contributed by atoms with Crippen LogP contribution >= 0.6 is 0 Å². The van der Waals surface area contributed by atoms with Crippen molar-refractivity contribution in [1.29, 1.82) is 0 Å². The van der Waals surface area contributed by atoms with Gasteiger partial charge in [-0.2, -0.15) is 0 Å². The third kappa shape index (κ3) is 5.63. The Morgan fingerprint density at radius 2 is 1.77 bits per heavy atom. The van der Waals surface area contributed by atoms with Gasteiger partial charge in [-0.15, -0.1) is 0 Å². The van der Waals surface area contributed by atoms with Gasteiger partial charge in [0.1, 0.15) is 5.75 Å². The molecule has 0 saturated carbocycles. The molecule has 2 aromatic carbocycles. The first-order valence-electron chi connectivity index (χ1n) is 11.1. The number of rotatable bonds is 9. The first-order chi connectivity index (χ1) is 15.1. The van der Waals surface area contributed by atoms with E-state index in [0.717, 1.165) is 49.2 Å². The van der Waals surface area contributed by atoms with Crippen molar-refractivity contribution >= 4 is 0 Å². The summed E-state index contributed by atoms with van der Waals surface area (Å²) in [4.78, 5) is 5.01. The standard InChI is InChI=1S/C25H34N2O4/c1-26-11-8-20(9-12-26)16-27(13-10-19-4-6-22(28-2)7-5-19)17-21-14-23(29-3)25-24(15-21)30-18-31-25/h4-7,14-15,20H,8-13,16-18H2,1-3H3. The second kappa shape index (κ2) is 10.2. The number of benzene rings is 2. The third-order valence-corrected chi connectivity index (χ3v) is 6.35. The van der Waals surface area contributed by atoms with E-state index in [1.165, 1.54) is 37.1 Å². The highest BCUT2D eigenvalue weighted by Gasteiger charge is 2.23. The zero-order valence-electron chi connectivity index (χ0n) is 18.9. The number of methoxy groups -OCH3 is 2. The van der Waals surface area contributed by atoms with Crippen molar-refractivity contribution in [3.63, 3.8) is 0 Å². The zero-order chi connectivity index (χ0) is 21.6. The van der Waals surface area contributed by atoms with Crippen LogP contribution in [0, 0.1) is 5.92 Å². The molecule has 2 aliphatic rings. The SMILES string of the molecule is COc1ccc(CCN(Cc2cc(OC)c3c(c2)OCO3)CC2CCN(C)CC2)cc1. The lowest BCUT2D eigenvalue weighted by atomic mass is 9.96. The van der Waals surface area contributed by atoms with E-state index < -0.39 is 0 Å². The summed E-state index contributed by atoms with van der Waals surface area (Å²) in [5.74, 6) is 3.89. The minimum atomic E-state index is 0.256. The predicted octanol–water partition coefficient (Wildman–Crippen LogP) is 3.82. The molecule has 4 rings (SSSR count). The van der Waals surface area contributed by atoms with Gasteiger partial charge in [-0.25, -0.2) is 0 Å². The molecule has 2 aliphatic heterocycles. The average molecular weight is 427 g/mol. The molecule has 6 heteroatoms. The van der Waals surface area contributed by atoms with Crippen LogP contribution in [-0.4, -0.2) is 64.0 Å². The second-order valence-corrected chi connectivity index (χ2v) is 8.61. The molecule has 0 aliphatic carbocycles. The molecule has 0 N–H and O–H groups in total. The van der Waals surface area contributed by atoms with E-state index in [4.69, 9.17) is 18.9 Å². The van der Waals surface area contributed by atoms with Crippen LogP contribution < -0.4 is 18.9 Å². The number of nitrogens with zero attached hydrogens (tertiary/aromatic N) is 2. The molecule has 1 fully saturated rings. The molecule has 168 valence electrons. The highest BCUT2D eigenvalue weighted by molar-refractivity contribution is 5.55. The van der Waals surface area contributed by atoms with Crippen LogP contribution in [-0.2, 0) is 13.0 Å². The highest BCUT2D eigenvalue weighted by atomic mass is 16.7. The van der Waals surface area contributed by atoms with Gasteiger partial charge < -0.3 is 23.8 Å². The van der Waals surface area contributed by atoms with Gasteiger partial charge in [0.05, 0.1) is 14.2 Å². The summed E-state index contributed by atoms with van der Waals surface area (Å²) in [6.45, 7) is 5.63. The summed E-state index contributed by atoms with van der Waals surface area (Å²) in [6, 6.07) is 12.6. The molecule has 0 aromatic heterocycles. The van der Waals surface area contributed by atoms with Crippen LogP contribution in [0.25, 0.3) is 0 Å². The maximum absolute atomic E-state index is 5.64. The largest absolute Gasteiger partial charge is 0.497 e. The Morgan fingerprint density at radius 1 is 1.00 bits per heavy atom. The molecule has 0 unspecified atom stereocenters. The highest BCUT2D eigenvalue weighted by Crippen LogP contribution is 2.42. The number of hydrogen-bond acceptors (Lipinski definition) is 6. The van der Waals surface area contributed by atoms with Gasteiger partial charge in [-0.1, -0.05) is 12.1 Å². The molecule has 2 heterocycles. The summed E-state index contributed by atoms with van der Waals surface area (Å²) in [7, 11) is 5.61. The minimum absolute atomic E-state index is 0.256. The van der Waals surface area contributed by atoms with Gasteiger partial charge in [0.25, 0.3) is 0 Å². The molecule has 31 heavy (non-hydrogen) atoms. The number of hydrogen-bond donors (Lipinski definition) is 0. The first kappa shape index (κ1) is 21.8. The molecule has 0 radical (unpaired) electrons. The van der Waals surface area contributed by atoms with E-state index in [1.54, 1.807) is 14.2 Å². The van der Waals surface area contributed by atoms with E-state index in [0.29, 0.717) is 5.75 Å². The van der Waals surface area contributed by atoms with E-state index in [-0.39, 0.29) is 6.79 Å². The smallest absolute Gasteiger partial charge is 0.231 e. The number of fused-ring (bicyclic) bond motifs is 1. The van der Waals surface area contributed by atoms with Gasteiger partial charge in [-0.05, 0) is 80.7 Å². The molecule has 2 aromatic rings. The van der Waals surface area contributed by atoms with E-state index in [1.807, 2.05) is 12.1 Å². The maximum atomic E-state index is 5.64. The summed E-state index contributed by atoms with van der Waals surface area (Å²) in [5.41, 5.74) is 2.53. The molecule has 0 spiro atoms.